The lowest BCUT2D eigenvalue weighted by molar-refractivity contribution is -0.496. The second kappa shape index (κ2) is 7.92. The molecule has 5 heteroatoms. The van der Waals surface area contributed by atoms with E-state index < -0.39 is 14.0 Å². The van der Waals surface area contributed by atoms with E-state index in [1.54, 1.807) is 0 Å². The molecule has 3 rings (SSSR count). The van der Waals surface area contributed by atoms with Crippen LogP contribution in [0.4, 0.5) is 5.69 Å². The zero-order chi connectivity index (χ0) is 20.5. The van der Waals surface area contributed by atoms with Gasteiger partial charge < -0.3 is 10.0 Å². The Bertz CT molecular complexity index is 921. The number of anilines is 1. The monoisotopic (exact) mass is 395 g/mol. The van der Waals surface area contributed by atoms with Crippen molar-refractivity contribution in [2.45, 2.75) is 32.4 Å². The van der Waals surface area contributed by atoms with Crippen molar-refractivity contribution in [3.05, 3.63) is 52.8 Å². The number of aliphatic carboxylic acids is 1. The number of allylic oxidation sites excluding steroid dienone is 5. The Balaban J connectivity index is 1.91. The third kappa shape index (κ3) is 4.04. The van der Waals surface area contributed by atoms with Crippen LogP contribution in [0.5, 0.6) is 0 Å². The zero-order valence-corrected chi connectivity index (χ0v) is 18.6. The molecule has 0 radical (unpaired) electrons. The van der Waals surface area contributed by atoms with Crippen molar-refractivity contribution in [3.63, 3.8) is 0 Å². The molecule has 2 aliphatic rings. The van der Waals surface area contributed by atoms with Crippen LogP contribution in [-0.2, 0) is 4.79 Å². The average molecular weight is 396 g/mol. The van der Waals surface area contributed by atoms with E-state index in [0.29, 0.717) is 0 Å². The summed E-state index contributed by atoms with van der Waals surface area (Å²) in [5.74, 6) is -0.713. The normalized spacial score (nSPS) is 18.6. The molecule has 0 saturated carbocycles. The van der Waals surface area contributed by atoms with Crippen LogP contribution < -0.4 is 10.1 Å². The van der Waals surface area contributed by atoms with Crippen LogP contribution in [-0.4, -0.2) is 57.1 Å². The van der Waals surface area contributed by atoms with Crippen molar-refractivity contribution in [1.29, 1.82) is 0 Å². The third-order valence-corrected chi connectivity index (χ3v) is 9.38. The Hall–Kier alpha value is -2.40. The van der Waals surface area contributed by atoms with E-state index in [1.807, 2.05) is 0 Å². The topological polar surface area (TPSA) is 43.5 Å². The van der Waals surface area contributed by atoms with Crippen molar-refractivity contribution in [2.24, 2.45) is 0 Å². The fourth-order valence-corrected chi connectivity index (χ4v) is 7.07. The first-order valence-electron chi connectivity index (χ1n) is 9.94. The van der Waals surface area contributed by atoms with Crippen LogP contribution >= 0.6 is 0 Å². The number of fused-ring (bicyclic) bond motifs is 2. The minimum absolute atomic E-state index is 0.248. The number of carboxylic acid groups (broad SMARTS) is 1. The fraction of sp³-hybridized carbons (Fsp3) is 0.391. The third-order valence-electron chi connectivity index (χ3n) is 5.82. The highest BCUT2D eigenvalue weighted by Gasteiger charge is 2.37. The van der Waals surface area contributed by atoms with Gasteiger partial charge in [-0.25, -0.2) is 4.58 Å². The van der Waals surface area contributed by atoms with Crippen molar-refractivity contribution >= 4 is 36.7 Å². The average Bonchev–Trinajstić information content (AvgIpc) is 2.64. The number of hydrogen-bond donors (Lipinski definition) is 1. The second-order valence-electron chi connectivity index (χ2n) is 8.48. The lowest BCUT2D eigenvalue weighted by atomic mass is 10.0. The van der Waals surface area contributed by atoms with Gasteiger partial charge in [0, 0.05) is 44.8 Å². The Morgan fingerprint density at radius 1 is 1.14 bits per heavy atom. The first-order valence-corrected chi connectivity index (χ1v) is 12.9. The maximum absolute atomic E-state index is 10.7. The molecule has 28 heavy (non-hydrogen) atoms. The number of unbranched alkanes of at least 4 members (excludes halogenated alkanes) is 1. The van der Waals surface area contributed by atoms with Gasteiger partial charge in [0.15, 0.2) is 5.71 Å². The molecular formula is C23H31N2O2Si+. The molecule has 148 valence electrons. The van der Waals surface area contributed by atoms with Gasteiger partial charge >= 0.3 is 5.97 Å². The molecule has 0 amide bonds. The van der Waals surface area contributed by atoms with E-state index in [4.69, 9.17) is 5.11 Å². The molecule has 1 aliphatic carbocycles. The summed E-state index contributed by atoms with van der Waals surface area (Å²) >= 11 is 0. The lowest BCUT2D eigenvalue weighted by Crippen LogP contribution is -2.48. The molecule has 1 heterocycles. The van der Waals surface area contributed by atoms with E-state index in [1.165, 1.54) is 32.9 Å². The molecular weight excluding hydrogens is 364 g/mol. The Labute approximate surface area is 169 Å². The Kier molecular flexibility index (Phi) is 5.75. The van der Waals surface area contributed by atoms with Crippen LogP contribution in [0.3, 0.4) is 0 Å². The summed E-state index contributed by atoms with van der Waals surface area (Å²) in [4.78, 5) is 12.9. The molecule has 0 unspecified atom stereocenters. The number of carbonyl (C=O) groups is 1. The lowest BCUT2D eigenvalue weighted by Gasteiger charge is -2.35. The highest BCUT2D eigenvalue weighted by molar-refractivity contribution is 6.97. The Morgan fingerprint density at radius 3 is 2.57 bits per heavy atom. The van der Waals surface area contributed by atoms with Crippen LogP contribution in [0, 0.1) is 0 Å². The van der Waals surface area contributed by atoms with Crippen LogP contribution in [0.25, 0.3) is 6.08 Å². The number of carboxylic acids is 1. The van der Waals surface area contributed by atoms with Gasteiger partial charge in [0.25, 0.3) is 0 Å². The van der Waals surface area contributed by atoms with Crippen molar-refractivity contribution in [3.8, 4) is 0 Å². The van der Waals surface area contributed by atoms with Crippen LogP contribution in [0.15, 0.2) is 47.2 Å². The maximum Gasteiger partial charge on any atom is 0.303 e. The number of hydrogen-bond acceptors (Lipinski definition) is 2. The van der Waals surface area contributed by atoms with Crippen molar-refractivity contribution < 1.29 is 14.5 Å². The van der Waals surface area contributed by atoms with E-state index in [-0.39, 0.29) is 6.42 Å². The molecule has 1 aromatic rings. The highest BCUT2D eigenvalue weighted by Crippen LogP contribution is 2.34. The largest absolute Gasteiger partial charge is 0.481 e. The van der Waals surface area contributed by atoms with Crippen molar-refractivity contribution in [2.75, 3.05) is 32.6 Å². The predicted octanol–water partition coefficient (Wildman–Crippen LogP) is 3.44. The van der Waals surface area contributed by atoms with Gasteiger partial charge in [0.2, 0.25) is 0 Å². The summed E-state index contributed by atoms with van der Waals surface area (Å²) in [5.41, 5.74) is 5.16. The quantitative estimate of drug-likeness (QED) is 0.456. The first kappa shape index (κ1) is 20.3. The predicted molar refractivity (Wildman–Crippen MR) is 121 cm³/mol. The van der Waals surface area contributed by atoms with Crippen LogP contribution in [0.2, 0.25) is 13.1 Å². The number of nitrogens with zero attached hydrogens (tertiary/aromatic N) is 2. The SMILES string of the molecule is CN(C)c1ccc2c(c1)[Si](C)(C)C1=C/C(=[N+](\C)CCCCC(=O)O)C=CC1=C2. The van der Waals surface area contributed by atoms with Gasteiger partial charge in [-0.05, 0) is 52.2 Å². The minimum Gasteiger partial charge on any atom is -0.481 e. The molecule has 0 spiro atoms. The molecule has 0 bridgehead atoms. The van der Waals surface area contributed by atoms with E-state index in [2.05, 4.69) is 86.2 Å². The van der Waals surface area contributed by atoms with Gasteiger partial charge in [-0.2, -0.15) is 0 Å². The standard InChI is InChI=1S/C23H30N2O2Si/c1-24(2)19-11-9-17-14-18-10-12-20(25(3)13-7-6-8-23(26)27)16-22(18)28(4,5)21(17)15-19/h9-12,14-16H,6-8,13H2,1-5H3/p+1. The molecule has 1 aromatic carbocycles. The smallest absolute Gasteiger partial charge is 0.303 e. The minimum atomic E-state index is -1.80. The van der Waals surface area contributed by atoms with Crippen molar-refractivity contribution in [1.82, 2.24) is 0 Å². The number of benzene rings is 1. The summed E-state index contributed by atoms with van der Waals surface area (Å²) < 4.78 is 2.25. The highest BCUT2D eigenvalue weighted by atomic mass is 28.3. The summed E-state index contributed by atoms with van der Waals surface area (Å²) in [6.07, 6.45) is 11.0. The van der Waals surface area contributed by atoms with Gasteiger partial charge in [0.05, 0.1) is 0 Å². The van der Waals surface area contributed by atoms with E-state index >= 15 is 0 Å². The summed E-state index contributed by atoms with van der Waals surface area (Å²) in [6.45, 7) is 5.75. The molecule has 0 saturated heterocycles. The molecule has 0 fully saturated rings. The fourth-order valence-electron chi connectivity index (χ4n) is 4.01. The summed E-state index contributed by atoms with van der Waals surface area (Å²) in [5, 5.41) is 11.8. The second-order valence-corrected chi connectivity index (χ2v) is 12.8. The summed E-state index contributed by atoms with van der Waals surface area (Å²) in [6, 6.07) is 6.82. The van der Waals surface area contributed by atoms with Crippen LogP contribution in [0.1, 0.15) is 24.8 Å². The zero-order valence-electron chi connectivity index (χ0n) is 17.6. The Morgan fingerprint density at radius 2 is 1.89 bits per heavy atom. The molecule has 1 N–H and O–H groups in total. The molecule has 4 nitrogen and oxygen atoms in total. The van der Waals surface area contributed by atoms with Gasteiger partial charge in [0.1, 0.15) is 21.7 Å². The molecule has 1 aliphatic heterocycles. The van der Waals surface area contributed by atoms with Gasteiger partial charge in [-0.15, -0.1) is 0 Å². The number of rotatable bonds is 6. The summed E-state index contributed by atoms with van der Waals surface area (Å²) in [7, 11) is 4.48. The maximum atomic E-state index is 10.7. The molecule has 0 aromatic heterocycles. The van der Waals surface area contributed by atoms with Gasteiger partial charge in [-0.3, -0.25) is 4.79 Å². The van der Waals surface area contributed by atoms with Gasteiger partial charge in [-0.1, -0.05) is 19.2 Å². The molecule has 0 atom stereocenters. The van der Waals surface area contributed by atoms with E-state index in [0.717, 1.165) is 19.4 Å². The first-order chi connectivity index (χ1) is 13.2. The van der Waals surface area contributed by atoms with E-state index in [9.17, 15) is 4.79 Å².